The minimum Gasteiger partial charge on any atom is -0.460 e. The van der Waals surface area contributed by atoms with E-state index in [1.165, 1.54) is 0 Å². The van der Waals surface area contributed by atoms with Crippen LogP contribution in [-0.4, -0.2) is 68.6 Å². The number of hydrogen-bond donors (Lipinski definition) is 5. The van der Waals surface area contributed by atoms with E-state index in [0.29, 0.717) is 12.8 Å². The molecule has 0 saturated heterocycles. The summed E-state index contributed by atoms with van der Waals surface area (Å²) in [5.74, 6) is -1.05. The van der Waals surface area contributed by atoms with Gasteiger partial charge in [0.15, 0.2) is 6.10 Å². The van der Waals surface area contributed by atoms with Crippen LogP contribution < -0.4 is 0 Å². The van der Waals surface area contributed by atoms with Crippen LogP contribution in [0.2, 0.25) is 0 Å². The van der Waals surface area contributed by atoms with Crippen molar-refractivity contribution in [1.82, 2.24) is 0 Å². The first-order valence-corrected chi connectivity index (χ1v) is 7.42. The number of rotatable bonds is 11. The zero-order chi connectivity index (χ0) is 16.4. The molecular weight excluding hydrogens is 280 g/mol. The third kappa shape index (κ3) is 7.19. The largest absolute Gasteiger partial charge is 0.460 e. The van der Waals surface area contributed by atoms with Gasteiger partial charge < -0.3 is 30.3 Å². The molecule has 0 aromatic rings. The Hall–Kier alpha value is -0.730. The van der Waals surface area contributed by atoms with Crippen LogP contribution in [0.15, 0.2) is 0 Å². The first kappa shape index (κ1) is 20.3. The summed E-state index contributed by atoms with van der Waals surface area (Å²) < 4.78 is 5.09. The molecule has 0 aliphatic carbocycles. The molecule has 0 aromatic carbocycles. The van der Waals surface area contributed by atoms with Crippen LogP contribution >= 0.6 is 0 Å². The van der Waals surface area contributed by atoms with Crippen molar-refractivity contribution in [1.29, 1.82) is 0 Å². The summed E-state index contributed by atoms with van der Waals surface area (Å²) in [7, 11) is 0. The molecule has 5 N–H and O–H groups in total. The van der Waals surface area contributed by atoms with Crippen LogP contribution in [0.1, 0.15) is 46.0 Å². The van der Waals surface area contributed by atoms with Crippen molar-refractivity contribution >= 4 is 5.97 Å². The molecule has 0 rings (SSSR count). The summed E-state index contributed by atoms with van der Waals surface area (Å²) in [5, 5.41) is 46.5. The molecule has 0 fully saturated rings. The summed E-state index contributed by atoms with van der Waals surface area (Å²) in [6.45, 7) is 3.10. The zero-order valence-corrected chi connectivity index (χ0v) is 12.7. The maximum absolute atomic E-state index is 11.7. The number of carbonyl (C=O) groups excluding carboxylic acids is 1. The lowest BCUT2D eigenvalue weighted by Gasteiger charge is -2.26. The van der Waals surface area contributed by atoms with E-state index in [1.807, 2.05) is 6.92 Å². The van der Waals surface area contributed by atoms with Gasteiger partial charge in [-0.05, 0) is 19.3 Å². The van der Waals surface area contributed by atoms with Gasteiger partial charge in [0.05, 0.1) is 6.61 Å². The molecule has 5 atom stereocenters. The molecule has 0 heterocycles. The summed E-state index contributed by atoms with van der Waals surface area (Å²) in [5.41, 5.74) is 0. The SMILES string of the molecule is CCCCCC(CC)OC(=O)[C@H](O)[C@H](O)[C@@H](O)[C@H](O)CO. The Balaban J connectivity index is 4.40. The van der Waals surface area contributed by atoms with Gasteiger partial charge in [0.25, 0.3) is 0 Å². The Kier molecular flexibility index (Phi) is 10.5. The maximum Gasteiger partial charge on any atom is 0.338 e. The Bertz CT molecular complexity index is 284. The normalized spacial score (nSPS) is 18.6. The van der Waals surface area contributed by atoms with E-state index < -0.39 is 37.0 Å². The minimum atomic E-state index is -1.97. The Morgan fingerprint density at radius 3 is 2.14 bits per heavy atom. The van der Waals surface area contributed by atoms with Crippen molar-refractivity contribution in [3.8, 4) is 0 Å². The summed E-state index contributed by atoms with van der Waals surface area (Å²) in [6.07, 6.45) is -3.53. The fraction of sp³-hybridized carbons (Fsp3) is 0.929. The smallest absolute Gasteiger partial charge is 0.338 e. The minimum absolute atomic E-state index is 0.356. The fourth-order valence-electron chi connectivity index (χ4n) is 1.86. The third-order valence-corrected chi connectivity index (χ3v) is 3.36. The number of aliphatic hydroxyl groups excluding tert-OH is 5. The van der Waals surface area contributed by atoms with Gasteiger partial charge in [-0.25, -0.2) is 4.79 Å². The van der Waals surface area contributed by atoms with Gasteiger partial charge in [-0.15, -0.1) is 0 Å². The van der Waals surface area contributed by atoms with Crippen molar-refractivity contribution < 1.29 is 35.1 Å². The number of esters is 1. The molecule has 0 aliphatic heterocycles. The molecular formula is C14H28O7. The van der Waals surface area contributed by atoms with E-state index >= 15 is 0 Å². The van der Waals surface area contributed by atoms with Crippen LogP contribution in [0.5, 0.6) is 0 Å². The molecule has 7 nitrogen and oxygen atoms in total. The molecule has 0 radical (unpaired) electrons. The third-order valence-electron chi connectivity index (χ3n) is 3.36. The van der Waals surface area contributed by atoms with Gasteiger partial charge in [0.2, 0.25) is 0 Å². The Morgan fingerprint density at radius 1 is 1.05 bits per heavy atom. The van der Waals surface area contributed by atoms with E-state index in [-0.39, 0.29) is 6.10 Å². The van der Waals surface area contributed by atoms with Crippen molar-refractivity contribution in [2.24, 2.45) is 0 Å². The monoisotopic (exact) mass is 308 g/mol. The molecule has 126 valence electrons. The molecule has 0 bridgehead atoms. The van der Waals surface area contributed by atoms with Crippen LogP contribution in [0.25, 0.3) is 0 Å². The lowest BCUT2D eigenvalue weighted by Crippen LogP contribution is -2.49. The van der Waals surface area contributed by atoms with Crippen molar-refractivity contribution in [2.75, 3.05) is 6.61 Å². The van der Waals surface area contributed by atoms with Crippen molar-refractivity contribution in [3.05, 3.63) is 0 Å². The zero-order valence-electron chi connectivity index (χ0n) is 12.7. The molecule has 0 aromatic heterocycles. The summed E-state index contributed by atoms with van der Waals surface area (Å²) in [4.78, 5) is 11.7. The number of hydrogen-bond acceptors (Lipinski definition) is 7. The second kappa shape index (κ2) is 10.9. The van der Waals surface area contributed by atoms with Gasteiger partial charge in [-0.2, -0.15) is 0 Å². The van der Waals surface area contributed by atoms with Gasteiger partial charge in [0, 0.05) is 0 Å². The highest BCUT2D eigenvalue weighted by atomic mass is 16.6. The standard InChI is InChI=1S/C14H28O7/c1-3-5-6-7-9(4-2)21-14(20)13(19)12(18)11(17)10(16)8-15/h9-13,15-19H,3-8H2,1-2H3/t9?,10-,11+,12-,13-/m1/s1. The van der Waals surface area contributed by atoms with Crippen molar-refractivity contribution in [3.63, 3.8) is 0 Å². The molecule has 0 saturated carbocycles. The van der Waals surface area contributed by atoms with E-state index in [1.54, 1.807) is 0 Å². The molecule has 21 heavy (non-hydrogen) atoms. The van der Waals surface area contributed by atoms with Crippen LogP contribution in [0.3, 0.4) is 0 Å². The Morgan fingerprint density at radius 2 is 1.67 bits per heavy atom. The lowest BCUT2D eigenvalue weighted by atomic mass is 10.0. The second-order valence-electron chi connectivity index (χ2n) is 5.14. The number of aliphatic hydroxyl groups is 5. The molecule has 1 unspecified atom stereocenters. The van der Waals surface area contributed by atoms with E-state index in [0.717, 1.165) is 19.3 Å². The van der Waals surface area contributed by atoms with E-state index in [4.69, 9.17) is 9.84 Å². The maximum atomic E-state index is 11.7. The average Bonchev–Trinajstić information content (AvgIpc) is 2.50. The number of unbranched alkanes of at least 4 members (excludes halogenated alkanes) is 2. The van der Waals surface area contributed by atoms with Gasteiger partial charge in [0.1, 0.15) is 24.4 Å². The summed E-state index contributed by atoms with van der Waals surface area (Å²) >= 11 is 0. The first-order valence-electron chi connectivity index (χ1n) is 7.42. The second-order valence-corrected chi connectivity index (χ2v) is 5.14. The molecule has 0 amide bonds. The highest BCUT2D eigenvalue weighted by molar-refractivity contribution is 5.75. The van der Waals surface area contributed by atoms with E-state index in [9.17, 15) is 25.2 Å². The first-order chi connectivity index (χ1) is 9.88. The molecule has 0 aliphatic rings. The summed E-state index contributed by atoms with van der Waals surface area (Å²) in [6, 6.07) is 0. The van der Waals surface area contributed by atoms with Gasteiger partial charge in [-0.3, -0.25) is 0 Å². The van der Waals surface area contributed by atoms with Crippen LogP contribution in [-0.2, 0) is 9.53 Å². The average molecular weight is 308 g/mol. The van der Waals surface area contributed by atoms with Gasteiger partial charge >= 0.3 is 5.97 Å². The quantitative estimate of drug-likeness (QED) is 0.253. The predicted octanol–water partition coefficient (Wildman–Crippen LogP) is -0.676. The highest BCUT2D eigenvalue weighted by Gasteiger charge is 2.35. The molecule has 0 spiro atoms. The highest BCUT2D eigenvalue weighted by Crippen LogP contribution is 2.13. The van der Waals surface area contributed by atoms with Crippen LogP contribution in [0.4, 0.5) is 0 Å². The number of carbonyl (C=O) groups is 1. The van der Waals surface area contributed by atoms with Gasteiger partial charge in [-0.1, -0.05) is 26.7 Å². The topological polar surface area (TPSA) is 127 Å². The Labute approximate surface area is 125 Å². The molecule has 7 heteroatoms. The predicted molar refractivity (Wildman–Crippen MR) is 75.4 cm³/mol. The van der Waals surface area contributed by atoms with Crippen LogP contribution in [0, 0.1) is 0 Å². The lowest BCUT2D eigenvalue weighted by molar-refractivity contribution is -0.175. The number of ether oxygens (including phenoxy) is 1. The van der Waals surface area contributed by atoms with E-state index in [2.05, 4.69) is 6.92 Å². The van der Waals surface area contributed by atoms with Crippen molar-refractivity contribution in [2.45, 2.75) is 76.5 Å². The fourth-order valence-corrected chi connectivity index (χ4v) is 1.86.